The highest BCUT2D eigenvalue weighted by atomic mass is 79.9. The first kappa shape index (κ1) is 16.0. The molecule has 0 unspecified atom stereocenters. The van der Waals surface area contributed by atoms with Gasteiger partial charge < -0.3 is 15.3 Å². The molecule has 22 heavy (non-hydrogen) atoms. The molecule has 0 bridgehead atoms. The Morgan fingerprint density at radius 2 is 1.95 bits per heavy atom. The van der Waals surface area contributed by atoms with Gasteiger partial charge in [0.15, 0.2) is 19.0 Å². The number of hydrogen-bond acceptors (Lipinski definition) is 4. The maximum absolute atomic E-state index is 11.7. The third kappa shape index (κ3) is 4.29. The van der Waals surface area contributed by atoms with Crippen molar-refractivity contribution in [3.63, 3.8) is 0 Å². The van der Waals surface area contributed by atoms with E-state index in [0.29, 0.717) is 10.4 Å². The van der Waals surface area contributed by atoms with Gasteiger partial charge in [-0.3, -0.25) is 4.79 Å². The summed E-state index contributed by atoms with van der Waals surface area (Å²) < 4.78 is 6.31. The summed E-state index contributed by atoms with van der Waals surface area (Å²) in [6.07, 6.45) is 2.36. The van der Waals surface area contributed by atoms with Crippen molar-refractivity contribution in [3.05, 3.63) is 63.5 Å². The smallest absolute Gasteiger partial charge is 0.339 e. The summed E-state index contributed by atoms with van der Waals surface area (Å²) in [6, 6.07) is 8.02. The number of ether oxygens (including phenoxy) is 1. The molecule has 0 spiro atoms. The number of esters is 1. The van der Waals surface area contributed by atoms with Crippen LogP contribution in [-0.4, -0.2) is 18.5 Å². The minimum absolute atomic E-state index is 0.206. The van der Waals surface area contributed by atoms with Gasteiger partial charge in [-0.25, -0.2) is 4.79 Å². The molecule has 1 aromatic heterocycles. The third-order valence-corrected chi connectivity index (χ3v) is 3.68. The number of nitrogens with zero attached hydrogens (tertiary/aromatic N) is 1. The molecule has 1 heterocycles. The highest BCUT2D eigenvalue weighted by molar-refractivity contribution is 9.10. The molecule has 0 atom stereocenters. The van der Waals surface area contributed by atoms with Gasteiger partial charge in [-0.15, -0.1) is 0 Å². The molecule has 114 valence electrons. The van der Waals surface area contributed by atoms with Crippen molar-refractivity contribution < 1.29 is 19.1 Å². The quantitative estimate of drug-likeness (QED) is 0.512. The molecule has 1 amide bonds. The van der Waals surface area contributed by atoms with Crippen molar-refractivity contribution in [1.82, 2.24) is 0 Å². The highest BCUT2D eigenvalue weighted by Gasteiger charge is 2.11. The number of benzene rings is 1. The summed E-state index contributed by atoms with van der Waals surface area (Å²) in [6.45, 7) is 1.53. The van der Waals surface area contributed by atoms with E-state index in [9.17, 15) is 14.8 Å². The first-order valence-electron chi connectivity index (χ1n) is 6.37. The molecule has 1 aromatic carbocycles. The number of amides is 1. The van der Waals surface area contributed by atoms with Crippen LogP contribution in [0.3, 0.4) is 0 Å². The van der Waals surface area contributed by atoms with Gasteiger partial charge in [-0.05, 0) is 24.6 Å². The SMILES string of the molecule is Cc1ccc(NC(=O)COC(=O)c2cc[n+]([O-])cc2)cc1Br. The first-order chi connectivity index (χ1) is 10.5. The standard InChI is InChI=1S/C15H13BrN2O4/c1-10-2-3-12(8-13(10)16)17-14(19)9-22-15(20)11-4-6-18(21)7-5-11/h2-8H,9H2,1H3,(H,17,19). The molecular weight excluding hydrogens is 352 g/mol. The number of carbonyl (C=O) groups excluding carboxylic acids is 2. The molecule has 6 nitrogen and oxygen atoms in total. The van der Waals surface area contributed by atoms with Gasteiger partial charge in [-0.2, -0.15) is 4.73 Å². The van der Waals surface area contributed by atoms with E-state index in [2.05, 4.69) is 21.2 Å². The lowest BCUT2D eigenvalue weighted by atomic mass is 10.2. The van der Waals surface area contributed by atoms with Crippen LogP contribution in [0.4, 0.5) is 5.69 Å². The third-order valence-electron chi connectivity index (χ3n) is 2.83. The lowest BCUT2D eigenvalue weighted by Gasteiger charge is -2.08. The molecule has 0 aliphatic heterocycles. The van der Waals surface area contributed by atoms with E-state index in [-0.39, 0.29) is 5.56 Å². The monoisotopic (exact) mass is 364 g/mol. The van der Waals surface area contributed by atoms with E-state index in [4.69, 9.17) is 4.74 Å². The fourth-order valence-corrected chi connectivity index (χ4v) is 2.01. The van der Waals surface area contributed by atoms with Gasteiger partial charge in [0.1, 0.15) is 0 Å². The largest absolute Gasteiger partial charge is 0.619 e. The fraction of sp³-hybridized carbons (Fsp3) is 0.133. The van der Waals surface area contributed by atoms with Crippen molar-refractivity contribution in [2.24, 2.45) is 0 Å². The van der Waals surface area contributed by atoms with Gasteiger partial charge >= 0.3 is 5.97 Å². The molecule has 2 rings (SSSR count). The number of nitrogens with one attached hydrogen (secondary N) is 1. The highest BCUT2D eigenvalue weighted by Crippen LogP contribution is 2.20. The summed E-state index contributed by atoms with van der Waals surface area (Å²) in [5.41, 5.74) is 1.85. The summed E-state index contributed by atoms with van der Waals surface area (Å²) in [4.78, 5) is 23.4. The maximum Gasteiger partial charge on any atom is 0.339 e. The number of halogens is 1. The Bertz CT molecular complexity index is 701. The van der Waals surface area contributed by atoms with Crippen LogP contribution in [-0.2, 0) is 9.53 Å². The average Bonchev–Trinajstić information content (AvgIpc) is 2.49. The maximum atomic E-state index is 11.7. The zero-order valence-corrected chi connectivity index (χ0v) is 13.3. The van der Waals surface area contributed by atoms with E-state index >= 15 is 0 Å². The second kappa shape index (κ2) is 7.04. The van der Waals surface area contributed by atoms with E-state index < -0.39 is 18.5 Å². The molecule has 0 saturated heterocycles. The molecule has 0 aliphatic carbocycles. The second-order valence-electron chi connectivity index (χ2n) is 4.53. The van der Waals surface area contributed by atoms with E-state index in [0.717, 1.165) is 10.0 Å². The zero-order chi connectivity index (χ0) is 16.1. The van der Waals surface area contributed by atoms with Gasteiger partial charge in [-0.1, -0.05) is 22.0 Å². The van der Waals surface area contributed by atoms with Crippen molar-refractivity contribution >= 4 is 33.5 Å². The fourth-order valence-electron chi connectivity index (χ4n) is 1.63. The molecule has 7 heteroatoms. The number of rotatable bonds is 4. The zero-order valence-electron chi connectivity index (χ0n) is 11.7. The lowest BCUT2D eigenvalue weighted by molar-refractivity contribution is -0.605. The van der Waals surface area contributed by atoms with Crippen LogP contribution in [0.25, 0.3) is 0 Å². The van der Waals surface area contributed by atoms with Crippen LogP contribution in [0.15, 0.2) is 47.2 Å². The van der Waals surface area contributed by atoms with E-state index in [1.165, 1.54) is 24.5 Å². The average molecular weight is 365 g/mol. The minimum atomic E-state index is -0.666. The minimum Gasteiger partial charge on any atom is -0.619 e. The van der Waals surface area contributed by atoms with Crippen LogP contribution in [0, 0.1) is 12.1 Å². The van der Waals surface area contributed by atoms with E-state index in [1.807, 2.05) is 13.0 Å². The molecule has 0 saturated carbocycles. The number of pyridine rings is 1. The second-order valence-corrected chi connectivity index (χ2v) is 5.39. The van der Waals surface area contributed by atoms with Gasteiger partial charge in [0, 0.05) is 22.3 Å². The predicted octanol–water partition coefficient (Wildman–Crippen LogP) is 2.19. The summed E-state index contributed by atoms with van der Waals surface area (Å²) in [5, 5.41) is 13.5. The number of aromatic nitrogens is 1. The van der Waals surface area contributed by atoms with Crippen molar-refractivity contribution in [2.75, 3.05) is 11.9 Å². The molecule has 2 aromatic rings. The molecule has 0 aliphatic rings. The Hall–Kier alpha value is -2.41. The first-order valence-corrected chi connectivity index (χ1v) is 7.17. The Morgan fingerprint density at radius 3 is 2.59 bits per heavy atom. The Labute approximate surface area is 135 Å². The topological polar surface area (TPSA) is 82.3 Å². The number of anilines is 1. The van der Waals surface area contributed by atoms with E-state index in [1.54, 1.807) is 12.1 Å². The molecular formula is C15H13BrN2O4. The Balaban J connectivity index is 1.88. The van der Waals surface area contributed by atoms with Crippen LogP contribution < -0.4 is 10.0 Å². The Kier molecular flexibility index (Phi) is 5.11. The number of hydrogen-bond donors (Lipinski definition) is 1. The van der Waals surface area contributed by atoms with Crippen molar-refractivity contribution in [1.29, 1.82) is 0 Å². The van der Waals surface area contributed by atoms with Crippen molar-refractivity contribution in [3.8, 4) is 0 Å². The summed E-state index contributed by atoms with van der Waals surface area (Å²) in [5.74, 6) is -1.11. The van der Waals surface area contributed by atoms with Crippen LogP contribution in [0.1, 0.15) is 15.9 Å². The molecule has 1 N–H and O–H groups in total. The number of carbonyl (C=O) groups is 2. The molecule has 0 fully saturated rings. The van der Waals surface area contributed by atoms with Gasteiger partial charge in [0.2, 0.25) is 0 Å². The predicted molar refractivity (Wildman–Crippen MR) is 83.2 cm³/mol. The van der Waals surface area contributed by atoms with Crippen LogP contribution in [0.5, 0.6) is 0 Å². The van der Waals surface area contributed by atoms with Gasteiger partial charge in [0.25, 0.3) is 5.91 Å². The number of aryl methyl sites for hydroxylation is 1. The van der Waals surface area contributed by atoms with Crippen molar-refractivity contribution in [2.45, 2.75) is 6.92 Å². The molecule has 0 radical (unpaired) electrons. The summed E-state index contributed by atoms with van der Waals surface area (Å²) in [7, 11) is 0. The normalized spacial score (nSPS) is 10.1. The van der Waals surface area contributed by atoms with Crippen LogP contribution in [0.2, 0.25) is 0 Å². The van der Waals surface area contributed by atoms with Gasteiger partial charge in [0.05, 0.1) is 5.56 Å². The van der Waals surface area contributed by atoms with Crippen LogP contribution >= 0.6 is 15.9 Å². The Morgan fingerprint density at radius 1 is 1.27 bits per heavy atom. The summed E-state index contributed by atoms with van der Waals surface area (Å²) >= 11 is 3.37. The lowest BCUT2D eigenvalue weighted by Crippen LogP contribution is -2.25.